The molecule has 1 amide bonds. The van der Waals surface area contributed by atoms with Crippen LogP contribution in [0.5, 0.6) is 0 Å². The first-order chi connectivity index (χ1) is 6.16. The molecule has 0 bridgehead atoms. The number of hydrogen-bond acceptors (Lipinski definition) is 2. The molecule has 0 fully saturated rings. The first-order valence-electron chi connectivity index (χ1n) is 4.93. The van der Waals surface area contributed by atoms with E-state index in [1.165, 1.54) is 0 Å². The highest BCUT2D eigenvalue weighted by atomic mass is 16.1. The second kappa shape index (κ2) is 7.77. The fourth-order valence-corrected chi connectivity index (χ4v) is 1.03. The lowest BCUT2D eigenvalue weighted by molar-refractivity contribution is -0.121. The number of amides is 1. The number of Topliss-reactive ketones (excluding diaryl/α,β-unsaturated/α-hetero) is 1. The Morgan fingerprint density at radius 3 is 2.38 bits per heavy atom. The number of ketones is 1. The maximum absolute atomic E-state index is 10.8. The largest absolute Gasteiger partial charge is 0.356 e. The number of carbonyl (C=O) groups is 2. The summed E-state index contributed by atoms with van der Waals surface area (Å²) in [6.07, 6.45) is 4.15. The summed E-state index contributed by atoms with van der Waals surface area (Å²) in [5.74, 6) is 0.351. The maximum Gasteiger partial charge on any atom is 0.219 e. The zero-order valence-corrected chi connectivity index (χ0v) is 8.56. The van der Waals surface area contributed by atoms with Crippen LogP contribution in [-0.2, 0) is 9.59 Å². The number of hydrogen-bond donors (Lipinski definition) is 1. The highest BCUT2D eigenvalue weighted by Gasteiger charge is 1.96. The summed E-state index contributed by atoms with van der Waals surface area (Å²) in [5, 5.41) is 2.80. The number of carbonyl (C=O) groups excluding carboxylic acids is 2. The van der Waals surface area contributed by atoms with E-state index in [4.69, 9.17) is 0 Å². The summed E-state index contributed by atoms with van der Waals surface area (Å²) in [6.45, 7) is 4.19. The molecule has 3 heteroatoms. The molecule has 0 aliphatic carbocycles. The summed E-state index contributed by atoms with van der Waals surface area (Å²) in [6, 6.07) is 0. The molecule has 76 valence electrons. The van der Waals surface area contributed by atoms with Gasteiger partial charge in [0, 0.05) is 19.4 Å². The van der Waals surface area contributed by atoms with Crippen molar-refractivity contribution in [1.82, 2.24) is 5.32 Å². The van der Waals surface area contributed by atoms with Crippen molar-refractivity contribution in [3.05, 3.63) is 0 Å². The van der Waals surface area contributed by atoms with E-state index < -0.39 is 0 Å². The van der Waals surface area contributed by atoms with Gasteiger partial charge in [0.05, 0.1) is 0 Å². The van der Waals surface area contributed by atoms with E-state index in [1.54, 1.807) is 6.92 Å². The Morgan fingerprint density at radius 1 is 1.15 bits per heavy atom. The lowest BCUT2D eigenvalue weighted by Gasteiger charge is -2.02. The fourth-order valence-electron chi connectivity index (χ4n) is 1.03. The summed E-state index contributed by atoms with van der Waals surface area (Å²) >= 11 is 0. The molecule has 0 aliphatic heterocycles. The molecule has 0 aliphatic rings. The maximum atomic E-state index is 10.8. The van der Waals surface area contributed by atoms with Gasteiger partial charge in [-0.25, -0.2) is 0 Å². The summed E-state index contributed by atoms with van der Waals surface area (Å²) in [5.41, 5.74) is 0. The van der Waals surface area contributed by atoms with Crippen molar-refractivity contribution in [2.75, 3.05) is 6.54 Å². The normalized spacial score (nSPS) is 9.69. The van der Waals surface area contributed by atoms with Crippen molar-refractivity contribution in [1.29, 1.82) is 0 Å². The Kier molecular flexibility index (Phi) is 7.26. The van der Waals surface area contributed by atoms with Crippen molar-refractivity contribution >= 4 is 11.7 Å². The SMILES string of the molecule is CCC(=O)NCCCCCC(C)=O. The van der Waals surface area contributed by atoms with Gasteiger partial charge in [-0.2, -0.15) is 0 Å². The predicted molar refractivity (Wildman–Crippen MR) is 52.4 cm³/mol. The molecule has 0 atom stereocenters. The Morgan fingerprint density at radius 2 is 1.85 bits per heavy atom. The van der Waals surface area contributed by atoms with Crippen LogP contribution in [0.4, 0.5) is 0 Å². The minimum absolute atomic E-state index is 0.103. The van der Waals surface area contributed by atoms with Crippen LogP contribution in [0.3, 0.4) is 0 Å². The average molecular weight is 185 g/mol. The molecule has 0 radical (unpaired) electrons. The van der Waals surface area contributed by atoms with Gasteiger partial charge in [-0.1, -0.05) is 13.3 Å². The van der Waals surface area contributed by atoms with Crippen LogP contribution in [0.2, 0.25) is 0 Å². The monoisotopic (exact) mass is 185 g/mol. The third kappa shape index (κ3) is 9.05. The second-order valence-corrected chi connectivity index (χ2v) is 3.22. The van der Waals surface area contributed by atoms with Gasteiger partial charge in [0.25, 0.3) is 0 Å². The van der Waals surface area contributed by atoms with Gasteiger partial charge in [0.1, 0.15) is 5.78 Å². The van der Waals surface area contributed by atoms with E-state index in [0.717, 1.165) is 25.8 Å². The van der Waals surface area contributed by atoms with Crippen LogP contribution in [0.1, 0.15) is 46.0 Å². The van der Waals surface area contributed by atoms with Crippen molar-refractivity contribution in [3.8, 4) is 0 Å². The van der Waals surface area contributed by atoms with E-state index in [1.807, 2.05) is 6.92 Å². The first-order valence-corrected chi connectivity index (χ1v) is 4.93. The third-order valence-electron chi connectivity index (χ3n) is 1.85. The van der Waals surface area contributed by atoms with Gasteiger partial charge in [-0.05, 0) is 19.8 Å². The number of nitrogens with one attached hydrogen (secondary N) is 1. The quantitative estimate of drug-likeness (QED) is 0.613. The van der Waals surface area contributed by atoms with Crippen molar-refractivity contribution in [2.24, 2.45) is 0 Å². The van der Waals surface area contributed by atoms with Gasteiger partial charge >= 0.3 is 0 Å². The fraction of sp³-hybridized carbons (Fsp3) is 0.800. The molecule has 0 rings (SSSR count). The number of unbranched alkanes of at least 4 members (excludes halogenated alkanes) is 2. The van der Waals surface area contributed by atoms with E-state index in [-0.39, 0.29) is 11.7 Å². The van der Waals surface area contributed by atoms with Gasteiger partial charge in [-0.3, -0.25) is 4.79 Å². The van der Waals surface area contributed by atoms with Crippen molar-refractivity contribution < 1.29 is 9.59 Å². The Labute approximate surface area is 79.9 Å². The lowest BCUT2D eigenvalue weighted by atomic mass is 10.1. The molecule has 0 saturated heterocycles. The Balaban J connectivity index is 3.08. The van der Waals surface area contributed by atoms with Crippen LogP contribution < -0.4 is 5.32 Å². The Hall–Kier alpha value is -0.860. The van der Waals surface area contributed by atoms with Gasteiger partial charge in [0.15, 0.2) is 0 Å². The summed E-state index contributed by atoms with van der Waals surface area (Å²) in [4.78, 5) is 21.3. The topological polar surface area (TPSA) is 46.2 Å². The van der Waals surface area contributed by atoms with E-state index >= 15 is 0 Å². The molecular formula is C10H19NO2. The molecule has 0 saturated carbocycles. The third-order valence-corrected chi connectivity index (χ3v) is 1.85. The summed E-state index contributed by atoms with van der Waals surface area (Å²) in [7, 11) is 0. The molecule has 0 aromatic rings. The van der Waals surface area contributed by atoms with Crippen LogP contribution in [0.25, 0.3) is 0 Å². The summed E-state index contributed by atoms with van der Waals surface area (Å²) < 4.78 is 0. The van der Waals surface area contributed by atoms with Crippen LogP contribution >= 0.6 is 0 Å². The minimum Gasteiger partial charge on any atom is -0.356 e. The molecule has 0 heterocycles. The highest BCUT2D eigenvalue weighted by Crippen LogP contribution is 1.99. The number of rotatable bonds is 7. The van der Waals surface area contributed by atoms with E-state index in [9.17, 15) is 9.59 Å². The standard InChI is InChI=1S/C10H19NO2/c1-3-10(13)11-8-6-4-5-7-9(2)12/h3-8H2,1-2H3,(H,11,13). The van der Waals surface area contributed by atoms with Gasteiger partial charge in [-0.15, -0.1) is 0 Å². The first kappa shape index (κ1) is 12.1. The molecule has 13 heavy (non-hydrogen) atoms. The van der Waals surface area contributed by atoms with Crippen LogP contribution in [0.15, 0.2) is 0 Å². The smallest absolute Gasteiger partial charge is 0.219 e. The second-order valence-electron chi connectivity index (χ2n) is 3.22. The molecule has 3 nitrogen and oxygen atoms in total. The molecule has 0 aromatic heterocycles. The molecule has 0 spiro atoms. The zero-order chi connectivity index (χ0) is 10.1. The molecule has 1 N–H and O–H groups in total. The van der Waals surface area contributed by atoms with Crippen LogP contribution in [-0.4, -0.2) is 18.2 Å². The molecule has 0 aromatic carbocycles. The predicted octanol–water partition coefficient (Wildman–Crippen LogP) is 1.66. The molecular weight excluding hydrogens is 166 g/mol. The zero-order valence-electron chi connectivity index (χ0n) is 8.56. The van der Waals surface area contributed by atoms with E-state index in [0.29, 0.717) is 12.8 Å². The van der Waals surface area contributed by atoms with Gasteiger partial charge in [0.2, 0.25) is 5.91 Å². The highest BCUT2D eigenvalue weighted by molar-refractivity contribution is 5.75. The molecule has 0 unspecified atom stereocenters. The van der Waals surface area contributed by atoms with Gasteiger partial charge < -0.3 is 10.1 Å². The van der Waals surface area contributed by atoms with Crippen molar-refractivity contribution in [2.45, 2.75) is 46.0 Å². The Bertz CT molecular complexity index is 166. The van der Waals surface area contributed by atoms with Crippen molar-refractivity contribution in [3.63, 3.8) is 0 Å². The average Bonchev–Trinajstić information content (AvgIpc) is 2.10. The van der Waals surface area contributed by atoms with Crippen LogP contribution in [0, 0.1) is 0 Å². The van der Waals surface area contributed by atoms with E-state index in [2.05, 4.69) is 5.32 Å². The lowest BCUT2D eigenvalue weighted by Crippen LogP contribution is -2.23. The minimum atomic E-state index is 0.103.